The molecule has 2 aromatic heterocycles. The number of thiophene rings is 2. The summed E-state index contributed by atoms with van der Waals surface area (Å²) in [5.41, 5.74) is 20.4. The van der Waals surface area contributed by atoms with Crippen LogP contribution < -0.4 is 76.2 Å². The lowest BCUT2D eigenvalue weighted by Gasteiger charge is -2.37. The summed E-state index contributed by atoms with van der Waals surface area (Å²) >= 11 is 3.61. The van der Waals surface area contributed by atoms with Crippen molar-refractivity contribution >= 4 is 111 Å². The van der Waals surface area contributed by atoms with Crippen LogP contribution in [0.4, 0.5) is 0 Å². The highest BCUT2D eigenvalue weighted by molar-refractivity contribution is 7.33. The first kappa shape index (κ1) is 43.2. The van der Waals surface area contributed by atoms with Crippen molar-refractivity contribution < 1.29 is 28.4 Å². The summed E-state index contributed by atoms with van der Waals surface area (Å²) in [5, 5.41) is 2.24. The summed E-state index contributed by atoms with van der Waals surface area (Å²) < 4.78 is 47.5. The van der Waals surface area contributed by atoms with Gasteiger partial charge < -0.3 is 28.4 Å². The number of benzene rings is 9. The molecule has 0 radical (unpaired) electrons. The smallest absolute Gasteiger partial charge is 0.273 e. The van der Waals surface area contributed by atoms with Crippen molar-refractivity contribution in [3.05, 3.63) is 172 Å². The molecule has 6 aliphatic rings. The first-order valence-electron chi connectivity index (χ1n) is 26.1. The Morgan fingerprint density at radius 3 is 1.05 bits per heavy atom. The van der Waals surface area contributed by atoms with Gasteiger partial charge in [0, 0.05) is 58.2 Å². The highest BCUT2D eigenvalue weighted by atomic mass is 32.1. The van der Waals surface area contributed by atoms with Gasteiger partial charge in [-0.25, -0.2) is 0 Å². The fraction of sp³-hybridized carbons (Fsp3) is 0.108. The largest absolute Gasteiger partial charge is 0.458 e. The maximum atomic E-state index is 7.19. The minimum atomic E-state index is -0.233. The van der Waals surface area contributed by atoms with E-state index < -0.39 is 0 Å². The van der Waals surface area contributed by atoms with Crippen molar-refractivity contribution in [2.24, 2.45) is 0 Å². The number of ether oxygens (including phenoxy) is 6. The Morgan fingerprint density at radius 1 is 0.316 bits per heavy atom. The third-order valence-corrected chi connectivity index (χ3v) is 19.2. The third kappa shape index (κ3) is 5.84. The molecule has 0 N–H and O–H groups in total. The van der Waals surface area contributed by atoms with Crippen LogP contribution in [0.3, 0.4) is 0 Å². The lowest BCUT2D eigenvalue weighted by atomic mass is 9.31. The molecular weight excluding hydrogens is 973 g/mol. The van der Waals surface area contributed by atoms with Gasteiger partial charge in [-0.2, -0.15) is 0 Å². The Kier molecular flexibility index (Phi) is 8.55. The molecule has 0 unspecified atom stereocenters. The van der Waals surface area contributed by atoms with E-state index in [0.717, 1.165) is 135 Å². The fourth-order valence-corrected chi connectivity index (χ4v) is 16.5. The minimum absolute atomic E-state index is 0.148. The maximum absolute atomic E-state index is 7.19. The molecule has 0 bridgehead atoms. The van der Waals surface area contributed by atoms with E-state index in [1.807, 2.05) is 0 Å². The zero-order chi connectivity index (χ0) is 50.7. The molecule has 76 heavy (non-hydrogen) atoms. The Balaban J connectivity index is 0.876. The van der Waals surface area contributed by atoms with Crippen molar-refractivity contribution in [1.82, 2.24) is 0 Å². The lowest BCUT2D eigenvalue weighted by molar-refractivity contribution is 0.448. The normalized spacial score (nSPS) is 14.0. The third-order valence-electron chi connectivity index (χ3n) is 16.8. The molecule has 11 aromatic rings. The van der Waals surface area contributed by atoms with Gasteiger partial charge >= 0.3 is 0 Å². The summed E-state index contributed by atoms with van der Waals surface area (Å²) in [6.07, 6.45) is 0. The number of rotatable bonds is 2. The Morgan fingerprint density at radius 2 is 0.645 bits per heavy atom. The standard InChI is InChI=1S/C65H43B3O6S2/c1-30-16-33(4)57(34(5)17-30)37-22-51-60-53(24-37)73-62-39-12-8-10-14-55(39)75-64(62)67(60)43-26-41-45(28-47(43)71-51)69-49-20-32(3)21-50-59(49)66(41)42-27-44-48(29-46(42)70-50)72-52-23-38(58-35(6)18-31(2)19-36(58)7)25-54-61(52)68(44)65-63(74-54)40-13-9-11-15-56(40)76-65/h8-29H,1-7H3. The van der Waals surface area contributed by atoms with Crippen LogP contribution in [-0.2, 0) is 0 Å². The summed E-state index contributed by atoms with van der Waals surface area (Å²) in [4.78, 5) is 0. The van der Waals surface area contributed by atoms with Gasteiger partial charge in [0.05, 0.1) is 0 Å². The zero-order valence-corrected chi connectivity index (χ0v) is 44.3. The van der Waals surface area contributed by atoms with Gasteiger partial charge in [0.25, 0.3) is 20.1 Å². The average Bonchev–Trinajstić information content (AvgIpc) is 4.13. The van der Waals surface area contributed by atoms with Crippen LogP contribution >= 0.6 is 22.7 Å². The molecule has 8 heterocycles. The van der Waals surface area contributed by atoms with Crippen molar-refractivity contribution in [3.63, 3.8) is 0 Å². The SMILES string of the molecule is Cc1cc(C)c(-c2cc3c4c(c2)Oc2c(sc5ccccc25)B4c2cc4c(cc2O3)Oc2cc(C)cc3c2B4c2cc4c(cc2O3)Oc2cc(-c3c(C)cc(C)cc3C)cc3c2B4c2sc4ccccc4c2O3)c(C)c1. The van der Waals surface area contributed by atoms with Crippen LogP contribution in [0.25, 0.3) is 42.4 Å². The Hall–Kier alpha value is -8.11. The molecule has 6 aliphatic heterocycles. The van der Waals surface area contributed by atoms with Crippen LogP contribution in [-0.4, -0.2) is 20.1 Å². The molecule has 0 saturated heterocycles. The molecule has 0 saturated carbocycles. The van der Waals surface area contributed by atoms with Gasteiger partial charge in [-0.3, -0.25) is 0 Å². The molecule has 0 spiro atoms. The maximum Gasteiger partial charge on any atom is 0.273 e. The summed E-state index contributed by atoms with van der Waals surface area (Å²) in [5.74, 6) is 9.76. The molecule has 0 atom stereocenters. The molecular formula is C65H43B3O6S2. The summed E-state index contributed by atoms with van der Waals surface area (Å²) in [6, 6.07) is 48.5. The molecule has 11 heteroatoms. The second-order valence-electron chi connectivity index (χ2n) is 21.8. The monoisotopic (exact) mass is 1020 g/mol. The Bertz CT molecular complexity index is 4220. The molecule has 17 rings (SSSR count). The van der Waals surface area contributed by atoms with E-state index in [1.165, 1.54) is 63.5 Å². The Labute approximate surface area is 448 Å². The van der Waals surface area contributed by atoms with E-state index in [9.17, 15) is 0 Å². The van der Waals surface area contributed by atoms with Crippen LogP contribution in [0.5, 0.6) is 69.0 Å². The van der Waals surface area contributed by atoms with Crippen molar-refractivity contribution in [2.45, 2.75) is 48.5 Å². The molecule has 0 fully saturated rings. The second kappa shape index (κ2) is 15.1. The fourth-order valence-electron chi connectivity index (χ4n) is 14.0. The molecule has 360 valence electrons. The van der Waals surface area contributed by atoms with Crippen LogP contribution in [0, 0.1) is 48.5 Å². The van der Waals surface area contributed by atoms with Gasteiger partial charge in [-0.15, -0.1) is 22.7 Å². The lowest BCUT2D eigenvalue weighted by Crippen LogP contribution is -2.62. The first-order chi connectivity index (χ1) is 37.0. The van der Waals surface area contributed by atoms with Crippen LogP contribution in [0.1, 0.15) is 38.9 Å². The predicted molar refractivity (Wildman–Crippen MR) is 314 cm³/mol. The van der Waals surface area contributed by atoms with E-state index in [-0.39, 0.29) is 20.1 Å². The van der Waals surface area contributed by atoms with E-state index in [0.29, 0.717) is 0 Å². The number of aryl methyl sites for hydroxylation is 7. The topological polar surface area (TPSA) is 55.4 Å². The van der Waals surface area contributed by atoms with Gasteiger partial charge in [-0.05, 0) is 181 Å². The van der Waals surface area contributed by atoms with Gasteiger partial charge in [0.15, 0.2) is 0 Å². The van der Waals surface area contributed by atoms with E-state index in [4.69, 9.17) is 28.4 Å². The van der Waals surface area contributed by atoms with Crippen molar-refractivity contribution in [3.8, 4) is 91.2 Å². The minimum Gasteiger partial charge on any atom is -0.458 e. The zero-order valence-electron chi connectivity index (χ0n) is 42.7. The van der Waals surface area contributed by atoms with Gasteiger partial charge in [0.2, 0.25) is 0 Å². The number of fused-ring (bicyclic) bond motifs is 16. The van der Waals surface area contributed by atoms with Gasteiger partial charge in [0.1, 0.15) is 69.0 Å². The second-order valence-corrected chi connectivity index (χ2v) is 24.0. The number of hydrogen-bond acceptors (Lipinski definition) is 8. The highest BCUT2D eigenvalue weighted by Gasteiger charge is 2.49. The van der Waals surface area contributed by atoms with Crippen LogP contribution in [0.2, 0.25) is 0 Å². The molecule has 9 aromatic carbocycles. The summed E-state index contributed by atoms with van der Waals surface area (Å²) in [7, 11) is 0. The summed E-state index contributed by atoms with van der Waals surface area (Å²) in [6.45, 7) is 14.7. The van der Waals surface area contributed by atoms with E-state index >= 15 is 0 Å². The van der Waals surface area contributed by atoms with E-state index in [2.05, 4.69) is 182 Å². The quantitative estimate of drug-likeness (QED) is 0.161. The van der Waals surface area contributed by atoms with Crippen molar-refractivity contribution in [2.75, 3.05) is 0 Å². The highest BCUT2D eigenvalue weighted by Crippen LogP contribution is 2.48. The first-order valence-corrected chi connectivity index (χ1v) is 27.7. The van der Waals surface area contributed by atoms with Gasteiger partial charge in [-0.1, -0.05) is 71.8 Å². The molecule has 0 amide bonds. The van der Waals surface area contributed by atoms with Crippen LogP contribution in [0.15, 0.2) is 133 Å². The van der Waals surface area contributed by atoms with E-state index in [1.54, 1.807) is 22.7 Å². The molecule has 6 nitrogen and oxygen atoms in total. The average molecular weight is 1020 g/mol. The number of hydrogen-bond donors (Lipinski definition) is 0. The van der Waals surface area contributed by atoms with Crippen molar-refractivity contribution in [1.29, 1.82) is 0 Å². The molecule has 0 aliphatic carbocycles. The predicted octanol–water partition coefficient (Wildman–Crippen LogP) is 11.8.